The molecule has 0 fully saturated rings. The maximum atomic E-state index is 13.0. The molecule has 1 N–H and O–H groups in total. The largest absolute Gasteiger partial charge is 0.497 e. The molecule has 0 saturated carbocycles. The molecule has 186 valence electrons. The van der Waals surface area contributed by atoms with E-state index in [4.69, 9.17) is 13.9 Å². The highest BCUT2D eigenvalue weighted by atomic mass is 16.5. The highest BCUT2D eigenvalue weighted by Gasteiger charge is 2.19. The van der Waals surface area contributed by atoms with Crippen molar-refractivity contribution in [2.24, 2.45) is 0 Å². The molecule has 2 heterocycles. The van der Waals surface area contributed by atoms with Crippen molar-refractivity contribution in [2.75, 3.05) is 19.0 Å². The maximum absolute atomic E-state index is 13.0. The van der Waals surface area contributed by atoms with Crippen molar-refractivity contribution < 1.29 is 18.7 Å². The SMILES string of the molecule is CCOc1c(/C(C)=C/C(=O)Nc2ccc3ncccc3c2)cc2c(-c3cccc(OC)c3)coc2c1C. The van der Waals surface area contributed by atoms with Gasteiger partial charge in [-0.25, -0.2) is 0 Å². The Kier molecular flexibility index (Phi) is 6.64. The predicted octanol–water partition coefficient (Wildman–Crippen LogP) is 7.41. The third-order valence-electron chi connectivity index (χ3n) is 6.36. The van der Waals surface area contributed by atoms with Gasteiger partial charge in [0.1, 0.15) is 17.1 Å². The Balaban J connectivity index is 1.53. The molecule has 6 nitrogen and oxygen atoms in total. The van der Waals surface area contributed by atoms with E-state index in [-0.39, 0.29) is 5.91 Å². The van der Waals surface area contributed by atoms with Crippen molar-refractivity contribution in [3.63, 3.8) is 0 Å². The summed E-state index contributed by atoms with van der Waals surface area (Å²) < 4.78 is 17.4. The van der Waals surface area contributed by atoms with Crippen LogP contribution in [0.15, 0.2) is 83.6 Å². The Labute approximate surface area is 215 Å². The number of aryl methyl sites for hydroxylation is 1. The van der Waals surface area contributed by atoms with Gasteiger partial charge in [0.25, 0.3) is 0 Å². The second-order valence-corrected chi connectivity index (χ2v) is 8.80. The molecule has 0 bridgehead atoms. The van der Waals surface area contributed by atoms with Gasteiger partial charge in [-0.1, -0.05) is 18.2 Å². The van der Waals surface area contributed by atoms with Crippen LogP contribution >= 0.6 is 0 Å². The summed E-state index contributed by atoms with van der Waals surface area (Å²) in [6.45, 7) is 6.33. The van der Waals surface area contributed by atoms with E-state index in [0.717, 1.165) is 55.4 Å². The summed E-state index contributed by atoms with van der Waals surface area (Å²) in [5.74, 6) is 1.26. The van der Waals surface area contributed by atoms with Crippen LogP contribution in [-0.2, 0) is 4.79 Å². The van der Waals surface area contributed by atoms with Crippen molar-refractivity contribution in [3.8, 4) is 22.6 Å². The quantitative estimate of drug-likeness (QED) is 0.240. The first-order valence-corrected chi connectivity index (χ1v) is 12.1. The van der Waals surface area contributed by atoms with Gasteiger partial charge < -0.3 is 19.2 Å². The number of benzene rings is 3. The maximum Gasteiger partial charge on any atom is 0.248 e. The summed E-state index contributed by atoms with van der Waals surface area (Å²) >= 11 is 0. The number of ether oxygens (including phenoxy) is 2. The monoisotopic (exact) mass is 492 g/mol. The Morgan fingerprint density at radius 2 is 1.97 bits per heavy atom. The lowest BCUT2D eigenvalue weighted by atomic mass is 9.96. The lowest BCUT2D eigenvalue weighted by molar-refractivity contribution is -0.111. The normalized spacial score (nSPS) is 11.6. The Morgan fingerprint density at radius 3 is 2.78 bits per heavy atom. The molecule has 0 unspecified atom stereocenters. The second-order valence-electron chi connectivity index (χ2n) is 8.80. The van der Waals surface area contributed by atoms with Gasteiger partial charge in [0, 0.05) is 45.4 Å². The summed E-state index contributed by atoms with van der Waals surface area (Å²) in [4.78, 5) is 17.3. The number of pyridine rings is 1. The molecule has 6 heteroatoms. The van der Waals surface area contributed by atoms with Crippen LogP contribution in [0.2, 0.25) is 0 Å². The molecule has 0 aliphatic heterocycles. The zero-order valence-electron chi connectivity index (χ0n) is 21.3. The number of carbonyl (C=O) groups is 1. The number of allylic oxidation sites excluding steroid dienone is 1. The zero-order chi connectivity index (χ0) is 25.9. The summed E-state index contributed by atoms with van der Waals surface area (Å²) in [5.41, 5.74) is 6.79. The molecule has 5 aromatic rings. The Morgan fingerprint density at radius 1 is 1.11 bits per heavy atom. The number of fused-ring (bicyclic) bond motifs is 2. The van der Waals surface area contributed by atoms with Crippen molar-refractivity contribution >= 4 is 39.0 Å². The molecular formula is C31H28N2O4. The number of methoxy groups -OCH3 is 1. The third kappa shape index (κ3) is 4.78. The van der Waals surface area contributed by atoms with Gasteiger partial charge >= 0.3 is 0 Å². The summed E-state index contributed by atoms with van der Waals surface area (Å²) in [6.07, 6.45) is 5.11. The number of rotatable bonds is 7. The van der Waals surface area contributed by atoms with Gasteiger partial charge in [0.2, 0.25) is 5.91 Å². The van der Waals surface area contributed by atoms with Crippen molar-refractivity contribution in [3.05, 3.63) is 90.3 Å². The lowest BCUT2D eigenvalue weighted by Gasteiger charge is -2.15. The highest BCUT2D eigenvalue weighted by Crippen LogP contribution is 2.41. The standard InChI is InChI=1S/C31H28N2O4/c1-5-36-30-20(3)31-26(27(18-37-31)21-8-6-10-24(16-21)35-4)17-25(30)19(2)14-29(34)33-23-11-12-28-22(15-23)9-7-13-32-28/h6-18H,5H2,1-4H3,(H,33,34)/b19-14+. The van der Waals surface area contributed by atoms with E-state index in [1.807, 2.05) is 81.4 Å². The minimum Gasteiger partial charge on any atom is -0.497 e. The molecule has 2 aromatic heterocycles. The van der Waals surface area contributed by atoms with Crippen LogP contribution in [-0.4, -0.2) is 24.6 Å². The molecule has 37 heavy (non-hydrogen) atoms. The van der Waals surface area contributed by atoms with Crippen LogP contribution in [0.1, 0.15) is 25.0 Å². The zero-order valence-corrected chi connectivity index (χ0v) is 21.3. The van der Waals surface area contributed by atoms with E-state index in [1.165, 1.54) is 0 Å². The van der Waals surface area contributed by atoms with Crippen molar-refractivity contribution in [1.29, 1.82) is 0 Å². The number of nitrogens with one attached hydrogen (secondary N) is 1. The Bertz CT molecular complexity index is 1650. The number of hydrogen-bond donors (Lipinski definition) is 1. The lowest BCUT2D eigenvalue weighted by Crippen LogP contribution is -2.09. The smallest absolute Gasteiger partial charge is 0.248 e. The molecule has 0 radical (unpaired) electrons. The summed E-state index contributed by atoms with van der Waals surface area (Å²) in [7, 11) is 1.65. The molecule has 0 spiro atoms. The molecule has 5 rings (SSSR count). The van der Waals surface area contributed by atoms with Gasteiger partial charge in [-0.15, -0.1) is 0 Å². The van der Waals surface area contributed by atoms with Crippen LogP contribution in [0, 0.1) is 6.92 Å². The fourth-order valence-corrected chi connectivity index (χ4v) is 4.56. The fraction of sp³-hybridized carbons (Fsp3) is 0.161. The van der Waals surface area contributed by atoms with Crippen LogP contribution < -0.4 is 14.8 Å². The van der Waals surface area contributed by atoms with E-state index in [0.29, 0.717) is 18.0 Å². The average Bonchev–Trinajstić information content (AvgIpc) is 3.34. The van der Waals surface area contributed by atoms with Gasteiger partial charge in [-0.2, -0.15) is 0 Å². The minimum atomic E-state index is -0.221. The van der Waals surface area contributed by atoms with Gasteiger partial charge in [0.15, 0.2) is 0 Å². The molecular weight excluding hydrogens is 464 g/mol. The highest BCUT2D eigenvalue weighted by molar-refractivity contribution is 6.06. The number of nitrogens with zero attached hydrogens (tertiary/aromatic N) is 1. The van der Waals surface area contributed by atoms with Gasteiger partial charge in [-0.05, 0) is 74.4 Å². The third-order valence-corrected chi connectivity index (χ3v) is 6.36. The molecule has 0 aliphatic carbocycles. The fourth-order valence-electron chi connectivity index (χ4n) is 4.56. The van der Waals surface area contributed by atoms with Crippen LogP contribution in [0.5, 0.6) is 11.5 Å². The van der Waals surface area contributed by atoms with E-state index in [9.17, 15) is 4.79 Å². The van der Waals surface area contributed by atoms with Crippen LogP contribution in [0.3, 0.4) is 0 Å². The predicted molar refractivity (Wildman–Crippen MR) is 148 cm³/mol. The van der Waals surface area contributed by atoms with E-state index in [2.05, 4.69) is 10.3 Å². The number of anilines is 1. The van der Waals surface area contributed by atoms with Crippen LogP contribution in [0.25, 0.3) is 38.6 Å². The minimum absolute atomic E-state index is 0.221. The summed E-state index contributed by atoms with van der Waals surface area (Å²) in [6, 6.07) is 19.4. The molecule has 0 atom stereocenters. The molecule has 0 aliphatic rings. The first kappa shape index (κ1) is 24.1. The molecule has 3 aromatic carbocycles. The number of amides is 1. The number of hydrogen-bond acceptors (Lipinski definition) is 5. The second kappa shape index (κ2) is 10.2. The number of furan rings is 1. The first-order chi connectivity index (χ1) is 18.0. The van der Waals surface area contributed by atoms with Crippen molar-refractivity contribution in [2.45, 2.75) is 20.8 Å². The van der Waals surface area contributed by atoms with Crippen LogP contribution in [0.4, 0.5) is 5.69 Å². The summed E-state index contributed by atoms with van der Waals surface area (Å²) in [5, 5.41) is 4.87. The van der Waals surface area contributed by atoms with Gasteiger partial charge in [0.05, 0.1) is 25.5 Å². The molecule has 0 saturated heterocycles. The average molecular weight is 493 g/mol. The van der Waals surface area contributed by atoms with E-state index < -0.39 is 0 Å². The molecule has 1 amide bonds. The van der Waals surface area contributed by atoms with E-state index in [1.54, 1.807) is 25.6 Å². The topological polar surface area (TPSA) is 73.6 Å². The van der Waals surface area contributed by atoms with E-state index >= 15 is 0 Å². The van der Waals surface area contributed by atoms with Gasteiger partial charge in [-0.3, -0.25) is 9.78 Å². The Hall–Kier alpha value is -4.58. The number of aromatic nitrogens is 1. The first-order valence-electron chi connectivity index (χ1n) is 12.1. The number of carbonyl (C=O) groups excluding carboxylic acids is 1. The van der Waals surface area contributed by atoms with Crippen molar-refractivity contribution in [1.82, 2.24) is 4.98 Å².